The van der Waals surface area contributed by atoms with Crippen molar-refractivity contribution in [1.82, 2.24) is 0 Å². The summed E-state index contributed by atoms with van der Waals surface area (Å²) < 4.78 is 21.7. The average molecular weight is 320 g/mol. The van der Waals surface area contributed by atoms with Gasteiger partial charge >= 0.3 is 0 Å². The fourth-order valence-electron chi connectivity index (χ4n) is 1.96. The van der Waals surface area contributed by atoms with Crippen LogP contribution in [-0.4, -0.2) is 26.8 Å². The van der Waals surface area contributed by atoms with Gasteiger partial charge in [0.2, 0.25) is 0 Å². The summed E-state index contributed by atoms with van der Waals surface area (Å²) in [6.07, 6.45) is 5.87. The van der Waals surface area contributed by atoms with Gasteiger partial charge in [0.25, 0.3) is 0 Å². The summed E-state index contributed by atoms with van der Waals surface area (Å²) in [5, 5.41) is 0. The van der Waals surface area contributed by atoms with Crippen molar-refractivity contribution in [3.8, 4) is 5.75 Å². The molecule has 4 nitrogen and oxygen atoms in total. The summed E-state index contributed by atoms with van der Waals surface area (Å²) in [5.74, 6) is 1.63. The summed E-state index contributed by atoms with van der Waals surface area (Å²) in [5.41, 5.74) is 2.22. The molecule has 0 saturated carbocycles. The predicted octanol–water partition coefficient (Wildman–Crippen LogP) is 4.55. The number of ether oxygens (including phenoxy) is 4. The number of benzene rings is 1. The zero-order valence-corrected chi connectivity index (χ0v) is 14.5. The van der Waals surface area contributed by atoms with E-state index in [-0.39, 0.29) is 13.6 Å². The van der Waals surface area contributed by atoms with Crippen LogP contribution in [0.25, 0.3) is 5.76 Å². The largest absolute Gasteiger partial charge is 0.467 e. The van der Waals surface area contributed by atoms with Crippen LogP contribution in [0.15, 0.2) is 36.9 Å². The normalized spacial score (nSPS) is 11.9. The first-order chi connectivity index (χ1) is 11.3. The Kier molecular flexibility index (Phi) is 9.84. The molecule has 0 unspecified atom stereocenters. The smallest absolute Gasteiger partial charge is 0.189 e. The summed E-state index contributed by atoms with van der Waals surface area (Å²) in [6, 6.07) is 6.00. The zero-order valence-electron chi connectivity index (χ0n) is 14.5. The molecule has 2 rings (SSSR count). The van der Waals surface area contributed by atoms with Crippen LogP contribution >= 0.6 is 0 Å². The molecule has 0 saturated heterocycles. The maximum absolute atomic E-state index is 5.64. The summed E-state index contributed by atoms with van der Waals surface area (Å²) in [4.78, 5) is 0. The van der Waals surface area contributed by atoms with E-state index in [0.717, 1.165) is 29.9 Å². The molecule has 0 fully saturated rings. The Bertz CT molecular complexity index is 494. The molecule has 1 aromatic carbocycles. The van der Waals surface area contributed by atoms with Gasteiger partial charge in [-0.25, -0.2) is 0 Å². The van der Waals surface area contributed by atoms with Gasteiger partial charge < -0.3 is 18.9 Å². The first-order valence-corrected chi connectivity index (χ1v) is 8.12. The third kappa shape index (κ3) is 6.47. The molecule has 0 N–H and O–H groups in total. The van der Waals surface area contributed by atoms with Crippen LogP contribution in [0.4, 0.5) is 0 Å². The Morgan fingerprint density at radius 1 is 1.04 bits per heavy atom. The molecule has 1 aromatic rings. The number of hydrogen-bond donors (Lipinski definition) is 0. The molecular formula is C19H28O4. The first kappa shape index (κ1) is 19.3. The van der Waals surface area contributed by atoms with E-state index >= 15 is 0 Å². The molecule has 0 aliphatic heterocycles. The number of rotatable bonds is 9. The Morgan fingerprint density at radius 3 is 2.30 bits per heavy atom. The van der Waals surface area contributed by atoms with E-state index in [4.69, 9.17) is 18.9 Å². The van der Waals surface area contributed by atoms with Crippen molar-refractivity contribution in [2.24, 2.45) is 0 Å². The predicted molar refractivity (Wildman–Crippen MR) is 93.3 cm³/mol. The van der Waals surface area contributed by atoms with E-state index in [9.17, 15) is 0 Å². The Hall–Kier alpha value is -1.78. The first-order valence-electron chi connectivity index (χ1n) is 8.12. The Labute approximate surface area is 139 Å². The second-order valence-corrected chi connectivity index (χ2v) is 4.77. The molecule has 4 heteroatoms. The highest BCUT2D eigenvalue weighted by Crippen LogP contribution is 2.35. The van der Waals surface area contributed by atoms with Gasteiger partial charge in [-0.3, -0.25) is 0 Å². The fraction of sp³-hybridized carbons (Fsp3) is 0.474. The standard InChI is InChI=1S/C15H20O4.C4H8/c1-3-16-10-18-13-7-5-6-12-8-9-14(15(12)13)19-11-17-4-2;1-3-4-2/h5-7,9H,3-4,8,10-11H2,1-2H3;3H,1,4H2,2H3. The molecule has 0 bridgehead atoms. The summed E-state index contributed by atoms with van der Waals surface area (Å²) >= 11 is 0. The lowest BCUT2D eigenvalue weighted by Crippen LogP contribution is -2.05. The quantitative estimate of drug-likeness (QED) is 0.380. The van der Waals surface area contributed by atoms with Crippen LogP contribution in [-0.2, 0) is 20.6 Å². The minimum Gasteiger partial charge on any atom is -0.467 e. The average Bonchev–Trinajstić information content (AvgIpc) is 3.00. The van der Waals surface area contributed by atoms with Crippen molar-refractivity contribution in [2.45, 2.75) is 33.6 Å². The van der Waals surface area contributed by atoms with Crippen molar-refractivity contribution < 1.29 is 18.9 Å². The topological polar surface area (TPSA) is 36.9 Å². The van der Waals surface area contributed by atoms with Gasteiger partial charge in [-0.1, -0.05) is 25.1 Å². The lowest BCUT2D eigenvalue weighted by atomic mass is 10.1. The van der Waals surface area contributed by atoms with Gasteiger partial charge in [0, 0.05) is 13.2 Å². The van der Waals surface area contributed by atoms with E-state index in [1.54, 1.807) is 0 Å². The van der Waals surface area contributed by atoms with Crippen LogP contribution in [0, 0.1) is 0 Å². The number of allylic oxidation sites excluding steroid dienone is 2. The Balaban J connectivity index is 0.000000593. The van der Waals surface area contributed by atoms with E-state index in [1.807, 2.05) is 32.1 Å². The highest BCUT2D eigenvalue weighted by molar-refractivity contribution is 5.73. The van der Waals surface area contributed by atoms with E-state index in [2.05, 4.69) is 25.6 Å². The van der Waals surface area contributed by atoms with Gasteiger partial charge in [-0.2, -0.15) is 0 Å². The Morgan fingerprint density at radius 2 is 1.70 bits per heavy atom. The van der Waals surface area contributed by atoms with Crippen LogP contribution < -0.4 is 4.74 Å². The second-order valence-electron chi connectivity index (χ2n) is 4.77. The van der Waals surface area contributed by atoms with Crippen molar-refractivity contribution in [3.63, 3.8) is 0 Å². The van der Waals surface area contributed by atoms with Gasteiger partial charge in [0.15, 0.2) is 13.6 Å². The van der Waals surface area contributed by atoms with E-state index in [0.29, 0.717) is 13.2 Å². The maximum atomic E-state index is 5.64. The maximum Gasteiger partial charge on any atom is 0.189 e. The number of hydrogen-bond acceptors (Lipinski definition) is 4. The zero-order chi connectivity index (χ0) is 16.9. The van der Waals surface area contributed by atoms with Gasteiger partial charge in [0.05, 0.1) is 5.56 Å². The molecule has 128 valence electrons. The molecule has 0 heterocycles. The monoisotopic (exact) mass is 320 g/mol. The fourth-order valence-corrected chi connectivity index (χ4v) is 1.96. The molecular weight excluding hydrogens is 292 g/mol. The third-order valence-electron chi connectivity index (χ3n) is 3.16. The van der Waals surface area contributed by atoms with Crippen LogP contribution in [0.2, 0.25) is 0 Å². The van der Waals surface area contributed by atoms with E-state index < -0.39 is 0 Å². The highest BCUT2D eigenvalue weighted by Gasteiger charge is 2.20. The minimum atomic E-state index is 0.256. The van der Waals surface area contributed by atoms with Crippen LogP contribution in [0.1, 0.15) is 38.3 Å². The van der Waals surface area contributed by atoms with Gasteiger partial charge in [-0.15, -0.1) is 6.58 Å². The summed E-state index contributed by atoms with van der Waals surface area (Å²) in [6.45, 7) is 11.2. The molecule has 1 aliphatic rings. The lowest BCUT2D eigenvalue weighted by Gasteiger charge is -2.14. The highest BCUT2D eigenvalue weighted by atomic mass is 16.7. The van der Waals surface area contributed by atoms with Gasteiger partial charge in [-0.05, 0) is 44.4 Å². The van der Waals surface area contributed by atoms with Gasteiger partial charge in [0.1, 0.15) is 11.5 Å². The molecule has 0 atom stereocenters. The molecule has 0 amide bonds. The van der Waals surface area contributed by atoms with Crippen molar-refractivity contribution in [3.05, 3.63) is 48.1 Å². The van der Waals surface area contributed by atoms with Crippen molar-refractivity contribution in [1.29, 1.82) is 0 Å². The van der Waals surface area contributed by atoms with Crippen molar-refractivity contribution in [2.75, 3.05) is 26.8 Å². The summed E-state index contributed by atoms with van der Waals surface area (Å²) in [7, 11) is 0. The molecule has 0 spiro atoms. The third-order valence-corrected chi connectivity index (χ3v) is 3.16. The van der Waals surface area contributed by atoms with Crippen LogP contribution in [0.3, 0.4) is 0 Å². The van der Waals surface area contributed by atoms with Crippen LogP contribution in [0.5, 0.6) is 5.75 Å². The van der Waals surface area contributed by atoms with Crippen molar-refractivity contribution >= 4 is 5.76 Å². The van der Waals surface area contributed by atoms with E-state index in [1.165, 1.54) is 5.56 Å². The minimum absolute atomic E-state index is 0.256. The SMILES string of the molecule is C=CCC.CCOCOC1=CCc2cccc(OCOCC)c21. The molecule has 0 radical (unpaired) electrons. The lowest BCUT2D eigenvalue weighted by molar-refractivity contribution is 0.00422. The molecule has 1 aliphatic carbocycles. The molecule has 23 heavy (non-hydrogen) atoms. The number of fused-ring (bicyclic) bond motifs is 1. The molecule has 0 aromatic heterocycles. The second kappa shape index (κ2) is 11.7.